The summed E-state index contributed by atoms with van der Waals surface area (Å²) in [5, 5.41) is 0. The zero-order valence-corrected chi connectivity index (χ0v) is 13.6. The van der Waals surface area contributed by atoms with Gasteiger partial charge in [-0.15, -0.1) is 0 Å². The van der Waals surface area contributed by atoms with E-state index >= 15 is 0 Å². The quantitative estimate of drug-likeness (QED) is 0.637. The minimum atomic E-state index is -0.397. The van der Waals surface area contributed by atoms with Crippen molar-refractivity contribution >= 4 is 5.97 Å². The van der Waals surface area contributed by atoms with Gasteiger partial charge in [0.05, 0.1) is 18.8 Å². The molecule has 0 bridgehead atoms. The third-order valence-electron chi connectivity index (χ3n) is 3.98. The van der Waals surface area contributed by atoms with Crippen LogP contribution in [0.3, 0.4) is 0 Å². The van der Waals surface area contributed by atoms with Gasteiger partial charge in [-0.05, 0) is 55.7 Å². The number of benzene rings is 2. The predicted molar refractivity (Wildman–Crippen MR) is 86.7 cm³/mol. The highest BCUT2D eigenvalue weighted by Crippen LogP contribution is 2.26. The van der Waals surface area contributed by atoms with Crippen LogP contribution in [-0.2, 0) is 9.47 Å². The van der Waals surface area contributed by atoms with Crippen LogP contribution >= 0.6 is 0 Å². The van der Waals surface area contributed by atoms with Crippen molar-refractivity contribution < 1.29 is 19.0 Å². The number of carbonyl (C=O) groups excluding carboxylic acids is 1. The summed E-state index contributed by atoms with van der Waals surface area (Å²) in [6.45, 7) is 7.09. The second-order valence-electron chi connectivity index (χ2n) is 5.79. The predicted octanol–water partition coefficient (Wildman–Crippen LogP) is 3.88. The molecular formula is C19H20O4. The summed E-state index contributed by atoms with van der Waals surface area (Å²) < 4.78 is 16.5. The normalized spacial score (nSPS) is 14.9. The molecule has 1 fully saturated rings. The first-order chi connectivity index (χ1) is 11.0. The lowest BCUT2D eigenvalue weighted by Gasteiger charge is -2.13. The summed E-state index contributed by atoms with van der Waals surface area (Å²) in [4.78, 5) is 12.5. The van der Waals surface area contributed by atoms with Crippen LogP contribution in [0.15, 0.2) is 36.4 Å². The molecule has 23 heavy (non-hydrogen) atoms. The molecule has 2 aromatic carbocycles. The molecule has 0 saturated carbocycles. The number of aryl methyl sites for hydroxylation is 2. The molecule has 1 saturated heterocycles. The number of rotatable bonds is 3. The molecule has 0 N–H and O–H groups in total. The van der Waals surface area contributed by atoms with E-state index in [9.17, 15) is 4.79 Å². The highest BCUT2D eigenvalue weighted by Gasteiger charge is 2.20. The molecule has 120 valence electrons. The third-order valence-corrected chi connectivity index (χ3v) is 3.98. The van der Waals surface area contributed by atoms with Gasteiger partial charge >= 0.3 is 5.97 Å². The number of carbonyl (C=O) groups is 1. The van der Waals surface area contributed by atoms with Crippen LogP contribution in [-0.4, -0.2) is 19.2 Å². The van der Waals surface area contributed by atoms with Crippen LogP contribution in [0, 0.1) is 20.8 Å². The van der Waals surface area contributed by atoms with E-state index in [2.05, 4.69) is 6.07 Å². The van der Waals surface area contributed by atoms with Crippen LogP contribution in [0.2, 0.25) is 0 Å². The van der Waals surface area contributed by atoms with Crippen molar-refractivity contribution in [3.8, 4) is 5.75 Å². The van der Waals surface area contributed by atoms with E-state index in [1.165, 1.54) is 0 Å². The maximum absolute atomic E-state index is 12.5. The molecule has 1 heterocycles. The molecule has 4 nitrogen and oxygen atoms in total. The largest absolute Gasteiger partial charge is 0.423 e. The molecular weight excluding hydrogens is 292 g/mol. The van der Waals surface area contributed by atoms with Crippen LogP contribution in [0.1, 0.15) is 38.9 Å². The monoisotopic (exact) mass is 312 g/mol. The van der Waals surface area contributed by atoms with E-state index in [-0.39, 0.29) is 5.97 Å². The third kappa shape index (κ3) is 3.44. The van der Waals surface area contributed by atoms with Gasteiger partial charge < -0.3 is 14.2 Å². The topological polar surface area (TPSA) is 44.8 Å². The summed E-state index contributed by atoms with van der Waals surface area (Å²) in [6, 6.07) is 11.1. The van der Waals surface area contributed by atoms with Gasteiger partial charge in [0.25, 0.3) is 0 Å². The Morgan fingerprint density at radius 3 is 2.57 bits per heavy atom. The summed E-state index contributed by atoms with van der Waals surface area (Å²) in [5.41, 5.74) is 4.46. The fraction of sp³-hybridized carbons (Fsp3) is 0.316. The molecule has 0 spiro atoms. The first-order valence-electron chi connectivity index (χ1n) is 7.68. The smallest absolute Gasteiger partial charge is 0.343 e. The summed E-state index contributed by atoms with van der Waals surface area (Å²) in [6.07, 6.45) is -0.397. The van der Waals surface area contributed by atoms with Gasteiger partial charge in [0.1, 0.15) is 5.75 Å². The second-order valence-corrected chi connectivity index (χ2v) is 5.79. The fourth-order valence-corrected chi connectivity index (χ4v) is 2.63. The number of hydrogen-bond acceptors (Lipinski definition) is 4. The molecule has 1 aliphatic rings. The highest BCUT2D eigenvalue weighted by molar-refractivity contribution is 5.91. The van der Waals surface area contributed by atoms with Gasteiger partial charge in [-0.3, -0.25) is 0 Å². The second kappa shape index (κ2) is 6.52. The van der Waals surface area contributed by atoms with Crippen molar-refractivity contribution in [1.82, 2.24) is 0 Å². The lowest BCUT2D eigenvalue weighted by atomic mass is 10.1. The Balaban J connectivity index is 1.82. The van der Waals surface area contributed by atoms with E-state index < -0.39 is 6.29 Å². The minimum Gasteiger partial charge on any atom is -0.423 e. The van der Waals surface area contributed by atoms with E-state index in [0.29, 0.717) is 24.5 Å². The van der Waals surface area contributed by atoms with Gasteiger partial charge in [0.15, 0.2) is 6.29 Å². The summed E-state index contributed by atoms with van der Waals surface area (Å²) >= 11 is 0. The lowest BCUT2D eigenvalue weighted by Crippen LogP contribution is -2.11. The van der Waals surface area contributed by atoms with E-state index in [4.69, 9.17) is 14.2 Å². The van der Waals surface area contributed by atoms with Crippen LogP contribution in [0.25, 0.3) is 0 Å². The van der Waals surface area contributed by atoms with Gasteiger partial charge in [0, 0.05) is 5.56 Å². The van der Waals surface area contributed by atoms with Crippen molar-refractivity contribution in [2.24, 2.45) is 0 Å². The Bertz CT molecular complexity index is 730. The molecule has 1 aliphatic heterocycles. The average Bonchev–Trinajstić information content (AvgIpc) is 3.06. The maximum Gasteiger partial charge on any atom is 0.343 e. The molecule has 3 rings (SSSR count). The average molecular weight is 312 g/mol. The Labute approximate surface area is 136 Å². The van der Waals surface area contributed by atoms with Crippen molar-refractivity contribution in [3.63, 3.8) is 0 Å². The molecule has 0 aromatic heterocycles. The van der Waals surface area contributed by atoms with Crippen LogP contribution < -0.4 is 4.74 Å². The van der Waals surface area contributed by atoms with Gasteiger partial charge in [-0.2, -0.15) is 0 Å². The maximum atomic E-state index is 12.5. The van der Waals surface area contributed by atoms with Gasteiger partial charge in [-0.25, -0.2) is 4.79 Å². The SMILES string of the molecule is Cc1cc(C)c(C)c(OC(=O)c2cccc(C3OCCO3)c2)c1. The molecule has 0 atom stereocenters. The Hall–Kier alpha value is -2.17. The molecule has 4 heteroatoms. The number of esters is 1. The number of ether oxygens (including phenoxy) is 3. The fourth-order valence-electron chi connectivity index (χ4n) is 2.63. The van der Waals surface area contributed by atoms with E-state index in [1.807, 2.05) is 39.0 Å². The van der Waals surface area contributed by atoms with Crippen molar-refractivity contribution in [1.29, 1.82) is 0 Å². The molecule has 0 unspecified atom stereocenters. The van der Waals surface area contributed by atoms with Crippen molar-refractivity contribution in [3.05, 3.63) is 64.2 Å². The van der Waals surface area contributed by atoms with Gasteiger partial charge in [0.2, 0.25) is 0 Å². The zero-order chi connectivity index (χ0) is 16.4. The molecule has 2 aromatic rings. The molecule has 0 amide bonds. The summed E-state index contributed by atoms with van der Waals surface area (Å²) in [7, 11) is 0. The molecule has 0 aliphatic carbocycles. The molecule has 0 radical (unpaired) electrons. The van der Waals surface area contributed by atoms with Crippen LogP contribution in [0.4, 0.5) is 0 Å². The number of hydrogen-bond donors (Lipinski definition) is 0. The first kappa shape index (κ1) is 15.7. The van der Waals surface area contributed by atoms with Crippen LogP contribution in [0.5, 0.6) is 5.75 Å². The zero-order valence-electron chi connectivity index (χ0n) is 13.6. The van der Waals surface area contributed by atoms with E-state index in [0.717, 1.165) is 22.3 Å². The Morgan fingerprint density at radius 1 is 1.09 bits per heavy atom. The van der Waals surface area contributed by atoms with Crippen molar-refractivity contribution in [2.45, 2.75) is 27.1 Å². The van der Waals surface area contributed by atoms with E-state index in [1.54, 1.807) is 12.1 Å². The Morgan fingerprint density at radius 2 is 1.83 bits per heavy atom. The lowest BCUT2D eigenvalue weighted by molar-refractivity contribution is -0.0441. The van der Waals surface area contributed by atoms with Gasteiger partial charge in [-0.1, -0.05) is 18.2 Å². The first-order valence-corrected chi connectivity index (χ1v) is 7.68. The summed E-state index contributed by atoms with van der Waals surface area (Å²) in [5.74, 6) is 0.226. The highest BCUT2D eigenvalue weighted by atomic mass is 16.7. The minimum absolute atomic E-state index is 0.377. The standard InChI is InChI=1S/C19H20O4/c1-12-9-13(2)14(3)17(10-12)23-18(20)15-5-4-6-16(11-15)19-21-7-8-22-19/h4-6,9-11,19H,7-8H2,1-3H3. The van der Waals surface area contributed by atoms with Crippen molar-refractivity contribution in [2.75, 3.05) is 13.2 Å². The Kier molecular flexibility index (Phi) is 4.46.